The number of ketones is 1. The standard InChI is InChI=1S/C19H20O3/c1-12-6-4-5-7-14(12)15-11-16(15)19(20)17-10-13(21-2)8-9-18(17)22-3/h4-10,15-16H,11H2,1-3H3. The zero-order chi connectivity index (χ0) is 15.7. The van der Waals surface area contributed by atoms with E-state index in [0.717, 1.165) is 6.42 Å². The lowest BCUT2D eigenvalue weighted by atomic mass is 9.99. The van der Waals surface area contributed by atoms with Crippen molar-refractivity contribution < 1.29 is 14.3 Å². The Labute approximate surface area is 130 Å². The van der Waals surface area contributed by atoms with Crippen LogP contribution in [0.15, 0.2) is 42.5 Å². The molecule has 0 bridgehead atoms. The summed E-state index contributed by atoms with van der Waals surface area (Å²) in [4.78, 5) is 12.8. The first kappa shape index (κ1) is 14.6. The fourth-order valence-corrected chi connectivity index (χ4v) is 3.04. The van der Waals surface area contributed by atoms with Gasteiger partial charge in [0.05, 0.1) is 19.8 Å². The van der Waals surface area contributed by atoms with E-state index in [1.54, 1.807) is 32.4 Å². The Hall–Kier alpha value is -2.29. The third-order valence-corrected chi connectivity index (χ3v) is 4.39. The predicted octanol–water partition coefficient (Wildman–Crippen LogP) is 4.00. The van der Waals surface area contributed by atoms with E-state index in [0.29, 0.717) is 23.0 Å². The van der Waals surface area contributed by atoms with Crippen molar-refractivity contribution in [1.82, 2.24) is 0 Å². The fourth-order valence-electron chi connectivity index (χ4n) is 3.04. The van der Waals surface area contributed by atoms with Gasteiger partial charge in [0.15, 0.2) is 5.78 Å². The summed E-state index contributed by atoms with van der Waals surface area (Å²) in [6.45, 7) is 2.10. The molecule has 0 amide bonds. The minimum absolute atomic E-state index is 0.0436. The highest BCUT2D eigenvalue weighted by Gasteiger charge is 2.45. The summed E-state index contributed by atoms with van der Waals surface area (Å²) in [5.41, 5.74) is 3.14. The highest BCUT2D eigenvalue weighted by molar-refractivity contribution is 6.03. The molecule has 0 aromatic heterocycles. The largest absolute Gasteiger partial charge is 0.497 e. The Kier molecular flexibility index (Phi) is 3.88. The molecule has 0 heterocycles. The molecule has 0 N–H and O–H groups in total. The molecule has 3 rings (SSSR count). The molecule has 3 heteroatoms. The molecule has 1 fully saturated rings. The van der Waals surface area contributed by atoms with Crippen molar-refractivity contribution in [2.24, 2.45) is 5.92 Å². The topological polar surface area (TPSA) is 35.5 Å². The van der Waals surface area contributed by atoms with E-state index in [-0.39, 0.29) is 11.7 Å². The second kappa shape index (κ2) is 5.84. The van der Waals surface area contributed by atoms with E-state index in [9.17, 15) is 4.79 Å². The van der Waals surface area contributed by atoms with Gasteiger partial charge in [-0.15, -0.1) is 0 Å². The third-order valence-electron chi connectivity index (χ3n) is 4.39. The predicted molar refractivity (Wildman–Crippen MR) is 85.9 cm³/mol. The molecule has 0 saturated heterocycles. The first-order chi connectivity index (χ1) is 10.7. The van der Waals surface area contributed by atoms with Crippen LogP contribution in [0.2, 0.25) is 0 Å². The van der Waals surface area contributed by atoms with Crippen LogP contribution >= 0.6 is 0 Å². The van der Waals surface area contributed by atoms with Gasteiger partial charge in [-0.2, -0.15) is 0 Å². The molecule has 3 nitrogen and oxygen atoms in total. The van der Waals surface area contributed by atoms with E-state index in [1.165, 1.54) is 11.1 Å². The molecule has 0 aliphatic heterocycles. The molecular formula is C19H20O3. The van der Waals surface area contributed by atoms with E-state index in [1.807, 2.05) is 12.1 Å². The maximum Gasteiger partial charge on any atom is 0.170 e. The van der Waals surface area contributed by atoms with Gasteiger partial charge < -0.3 is 9.47 Å². The number of methoxy groups -OCH3 is 2. The van der Waals surface area contributed by atoms with Gasteiger partial charge in [-0.25, -0.2) is 0 Å². The summed E-state index contributed by atoms with van der Waals surface area (Å²) in [7, 11) is 3.19. The van der Waals surface area contributed by atoms with E-state index in [4.69, 9.17) is 9.47 Å². The average molecular weight is 296 g/mol. The molecule has 0 spiro atoms. The molecule has 2 atom stereocenters. The number of hydrogen-bond acceptors (Lipinski definition) is 3. The van der Waals surface area contributed by atoms with Gasteiger partial charge in [0.25, 0.3) is 0 Å². The molecule has 2 aromatic rings. The molecule has 0 radical (unpaired) electrons. The van der Waals surface area contributed by atoms with Crippen LogP contribution in [-0.2, 0) is 0 Å². The van der Waals surface area contributed by atoms with Crippen LogP contribution in [0.5, 0.6) is 11.5 Å². The summed E-state index contributed by atoms with van der Waals surface area (Å²) < 4.78 is 10.6. The molecule has 2 aromatic carbocycles. The van der Waals surface area contributed by atoms with Crippen molar-refractivity contribution in [1.29, 1.82) is 0 Å². The minimum atomic E-state index is 0.0436. The van der Waals surface area contributed by atoms with Crippen molar-refractivity contribution in [3.8, 4) is 11.5 Å². The first-order valence-corrected chi connectivity index (χ1v) is 7.47. The Balaban J connectivity index is 1.86. The number of rotatable bonds is 5. The normalized spacial score (nSPS) is 19.6. The van der Waals surface area contributed by atoms with Crippen LogP contribution in [0, 0.1) is 12.8 Å². The molecule has 114 valence electrons. The number of benzene rings is 2. The number of carbonyl (C=O) groups is 1. The van der Waals surface area contributed by atoms with Gasteiger partial charge >= 0.3 is 0 Å². The van der Waals surface area contributed by atoms with E-state index >= 15 is 0 Å². The Morgan fingerprint density at radius 3 is 2.55 bits per heavy atom. The maximum absolute atomic E-state index is 12.8. The summed E-state index contributed by atoms with van der Waals surface area (Å²) in [6.07, 6.45) is 0.907. The van der Waals surface area contributed by atoms with Crippen LogP contribution in [0.3, 0.4) is 0 Å². The summed E-state index contributed by atoms with van der Waals surface area (Å²) in [5.74, 6) is 1.80. The summed E-state index contributed by atoms with van der Waals surface area (Å²) in [5, 5.41) is 0. The van der Waals surface area contributed by atoms with Crippen molar-refractivity contribution in [2.45, 2.75) is 19.3 Å². The van der Waals surface area contributed by atoms with Crippen LogP contribution in [0.4, 0.5) is 0 Å². The van der Waals surface area contributed by atoms with Crippen LogP contribution in [0.25, 0.3) is 0 Å². The molecule has 1 aliphatic carbocycles. The Bertz CT molecular complexity index is 706. The van der Waals surface area contributed by atoms with Gasteiger partial charge in [-0.1, -0.05) is 24.3 Å². The second-order valence-corrected chi connectivity index (χ2v) is 5.74. The SMILES string of the molecule is COc1ccc(OC)c(C(=O)C2CC2c2ccccc2C)c1. The van der Waals surface area contributed by atoms with Gasteiger partial charge in [0.1, 0.15) is 11.5 Å². The molecule has 1 saturated carbocycles. The maximum atomic E-state index is 12.8. The van der Waals surface area contributed by atoms with Crippen molar-refractivity contribution >= 4 is 5.78 Å². The van der Waals surface area contributed by atoms with Gasteiger partial charge in [0.2, 0.25) is 0 Å². The lowest BCUT2D eigenvalue weighted by Gasteiger charge is -2.10. The smallest absolute Gasteiger partial charge is 0.170 e. The van der Waals surface area contributed by atoms with E-state index < -0.39 is 0 Å². The van der Waals surface area contributed by atoms with Crippen LogP contribution in [-0.4, -0.2) is 20.0 Å². The highest BCUT2D eigenvalue weighted by atomic mass is 16.5. The number of ether oxygens (including phenoxy) is 2. The Morgan fingerprint density at radius 1 is 1.09 bits per heavy atom. The number of hydrogen-bond donors (Lipinski definition) is 0. The van der Waals surface area contributed by atoms with Crippen molar-refractivity contribution in [3.05, 3.63) is 59.2 Å². The number of carbonyl (C=O) groups excluding carboxylic acids is 1. The van der Waals surface area contributed by atoms with Crippen LogP contribution in [0.1, 0.15) is 33.8 Å². The molecule has 2 unspecified atom stereocenters. The van der Waals surface area contributed by atoms with Gasteiger partial charge in [-0.3, -0.25) is 4.79 Å². The lowest BCUT2D eigenvalue weighted by Crippen LogP contribution is -2.06. The number of Topliss-reactive ketones (excluding diaryl/α,β-unsaturated/α-hetero) is 1. The fraction of sp³-hybridized carbons (Fsp3) is 0.316. The molecule has 1 aliphatic rings. The zero-order valence-electron chi connectivity index (χ0n) is 13.1. The number of aryl methyl sites for hydroxylation is 1. The highest BCUT2D eigenvalue weighted by Crippen LogP contribution is 2.50. The quantitative estimate of drug-likeness (QED) is 0.782. The molecule has 22 heavy (non-hydrogen) atoms. The molecular weight excluding hydrogens is 276 g/mol. The van der Waals surface area contributed by atoms with Gasteiger partial charge in [-0.05, 0) is 48.6 Å². The van der Waals surface area contributed by atoms with Crippen LogP contribution < -0.4 is 9.47 Å². The monoisotopic (exact) mass is 296 g/mol. The summed E-state index contributed by atoms with van der Waals surface area (Å²) in [6, 6.07) is 13.7. The lowest BCUT2D eigenvalue weighted by molar-refractivity contribution is 0.0962. The third kappa shape index (κ3) is 2.59. The Morgan fingerprint density at radius 2 is 1.86 bits per heavy atom. The first-order valence-electron chi connectivity index (χ1n) is 7.47. The van der Waals surface area contributed by atoms with Crippen molar-refractivity contribution in [3.63, 3.8) is 0 Å². The average Bonchev–Trinajstić information content (AvgIpc) is 3.34. The van der Waals surface area contributed by atoms with Crippen molar-refractivity contribution in [2.75, 3.05) is 14.2 Å². The summed E-state index contributed by atoms with van der Waals surface area (Å²) >= 11 is 0. The van der Waals surface area contributed by atoms with Gasteiger partial charge in [0, 0.05) is 5.92 Å². The second-order valence-electron chi connectivity index (χ2n) is 5.74. The minimum Gasteiger partial charge on any atom is -0.497 e. The van der Waals surface area contributed by atoms with E-state index in [2.05, 4.69) is 19.1 Å². The zero-order valence-corrected chi connectivity index (χ0v) is 13.1.